The van der Waals surface area contributed by atoms with Crippen molar-refractivity contribution in [1.82, 2.24) is 4.57 Å². The number of allylic oxidation sites excluding steroid dienone is 9. The van der Waals surface area contributed by atoms with Gasteiger partial charge in [-0.2, -0.15) is 0 Å². The van der Waals surface area contributed by atoms with E-state index in [4.69, 9.17) is 0 Å². The first-order valence-corrected chi connectivity index (χ1v) is 18.7. The van der Waals surface area contributed by atoms with Gasteiger partial charge in [-0.3, -0.25) is 0 Å². The summed E-state index contributed by atoms with van der Waals surface area (Å²) in [6.45, 7) is 14.9. The molecule has 0 spiro atoms. The highest BCUT2D eigenvalue weighted by atomic mass is 15.0. The molecule has 0 bridgehead atoms. The number of nitrogens with zero attached hydrogens (tertiary/aromatic N) is 1. The fourth-order valence-electron chi connectivity index (χ4n) is 8.58. The van der Waals surface area contributed by atoms with Crippen LogP contribution in [0.1, 0.15) is 57.7 Å². The van der Waals surface area contributed by atoms with Gasteiger partial charge >= 0.3 is 0 Å². The lowest BCUT2D eigenvalue weighted by molar-refractivity contribution is 0.631. The summed E-state index contributed by atoms with van der Waals surface area (Å²) < 4.78 is 2.50. The van der Waals surface area contributed by atoms with Gasteiger partial charge in [0.2, 0.25) is 0 Å². The number of benzene rings is 6. The fraction of sp³-hybridized carbons (Fsp3) is 0.160. The van der Waals surface area contributed by atoms with E-state index in [1.807, 2.05) is 19.9 Å². The molecule has 0 fully saturated rings. The highest BCUT2D eigenvalue weighted by Crippen LogP contribution is 2.54. The van der Waals surface area contributed by atoms with E-state index in [0.29, 0.717) is 0 Å². The Hall–Kier alpha value is -5.86. The number of hydrogen-bond acceptors (Lipinski definition) is 1. The Kier molecular flexibility index (Phi) is 8.55. The maximum atomic E-state index is 4.02. The molecule has 0 saturated carbocycles. The minimum absolute atomic E-state index is 0.0840. The van der Waals surface area contributed by atoms with Gasteiger partial charge in [0.05, 0.1) is 11.0 Å². The molecule has 6 aromatic carbocycles. The average Bonchev–Trinajstić information content (AvgIpc) is 3.88. The molecule has 0 radical (unpaired) electrons. The van der Waals surface area contributed by atoms with Gasteiger partial charge in [0.15, 0.2) is 0 Å². The summed E-state index contributed by atoms with van der Waals surface area (Å²) in [6, 6.07) is 41.2. The molecule has 0 atom stereocenters. The third-order valence-electron chi connectivity index (χ3n) is 11.0. The Balaban J connectivity index is 0.000000149. The molecule has 10 rings (SSSR count). The van der Waals surface area contributed by atoms with Crippen LogP contribution in [0.3, 0.4) is 0 Å². The number of aromatic nitrogens is 1. The zero-order chi connectivity index (χ0) is 36.0. The predicted octanol–water partition coefficient (Wildman–Crippen LogP) is 14.1. The maximum Gasteiger partial charge on any atom is 0.0585 e. The standard InChI is InChI=1S/C28H25N.C20H15N.C2H6/c1-5-10-22-24(6-2)29-25-14-8-7-12-19(25)26-21-15-17-11-9-13-18(17)20(21)16-23(27(26)29)28(22,3)4;1-3-7-17-13-19(11-9-15(17)5-1)21-20-12-10-16-6-2-4-8-18(16)14-20;1-2/h5-10,12-14,16H,1,11,15H2,2-4H3;1-14,21H;1-2H3/b22-10+,24-6+;;. The van der Waals surface area contributed by atoms with Crippen molar-refractivity contribution >= 4 is 66.0 Å². The Morgan fingerprint density at radius 3 is 2.00 bits per heavy atom. The summed E-state index contributed by atoms with van der Waals surface area (Å²) >= 11 is 0. The third-order valence-corrected chi connectivity index (χ3v) is 11.0. The van der Waals surface area contributed by atoms with Crippen molar-refractivity contribution in [2.45, 2.75) is 52.9 Å². The molecule has 1 aromatic heterocycles. The molecule has 52 heavy (non-hydrogen) atoms. The summed E-state index contributed by atoms with van der Waals surface area (Å²) in [5, 5.41) is 11.4. The van der Waals surface area contributed by atoms with E-state index in [2.05, 4.69) is 177 Å². The molecular weight excluding hydrogens is 629 g/mol. The Labute approximate surface area is 307 Å². The van der Waals surface area contributed by atoms with Crippen LogP contribution in [-0.4, -0.2) is 4.57 Å². The highest BCUT2D eigenvalue weighted by Gasteiger charge is 2.39. The second-order valence-corrected chi connectivity index (χ2v) is 14.2. The van der Waals surface area contributed by atoms with E-state index in [-0.39, 0.29) is 5.41 Å². The van der Waals surface area contributed by atoms with E-state index in [0.717, 1.165) is 24.2 Å². The molecule has 3 aliphatic rings. The smallest absolute Gasteiger partial charge is 0.0585 e. The van der Waals surface area contributed by atoms with E-state index in [1.165, 1.54) is 76.9 Å². The Morgan fingerprint density at radius 2 is 1.37 bits per heavy atom. The van der Waals surface area contributed by atoms with Crippen LogP contribution in [0.4, 0.5) is 11.4 Å². The molecule has 2 aliphatic carbocycles. The fourth-order valence-corrected chi connectivity index (χ4v) is 8.58. The van der Waals surface area contributed by atoms with E-state index < -0.39 is 0 Å². The second-order valence-electron chi connectivity index (χ2n) is 14.2. The summed E-state index contributed by atoms with van der Waals surface area (Å²) in [5.41, 5.74) is 14.9. The van der Waals surface area contributed by atoms with Gasteiger partial charge in [0.25, 0.3) is 0 Å². The topological polar surface area (TPSA) is 17.0 Å². The van der Waals surface area contributed by atoms with Gasteiger partial charge in [0, 0.05) is 33.3 Å². The van der Waals surface area contributed by atoms with Crippen molar-refractivity contribution in [2.24, 2.45) is 0 Å². The van der Waals surface area contributed by atoms with Gasteiger partial charge < -0.3 is 9.88 Å². The molecule has 1 aliphatic heterocycles. The van der Waals surface area contributed by atoms with Crippen molar-refractivity contribution in [3.63, 3.8) is 0 Å². The van der Waals surface area contributed by atoms with Gasteiger partial charge in [-0.05, 0) is 106 Å². The van der Waals surface area contributed by atoms with Crippen LogP contribution in [0.5, 0.6) is 0 Å². The Morgan fingerprint density at radius 1 is 0.750 bits per heavy atom. The number of hydrogen-bond donors (Lipinski definition) is 1. The molecule has 7 aromatic rings. The van der Waals surface area contributed by atoms with Crippen LogP contribution >= 0.6 is 0 Å². The molecule has 2 heteroatoms. The summed E-state index contributed by atoms with van der Waals surface area (Å²) in [6.07, 6.45) is 13.2. The van der Waals surface area contributed by atoms with E-state index in [1.54, 1.807) is 5.57 Å². The zero-order valence-corrected chi connectivity index (χ0v) is 30.9. The molecule has 0 unspecified atom stereocenters. The quantitative estimate of drug-likeness (QED) is 0.197. The molecule has 0 saturated heterocycles. The predicted molar refractivity (Wildman–Crippen MR) is 228 cm³/mol. The van der Waals surface area contributed by atoms with Crippen LogP contribution in [0.15, 0.2) is 163 Å². The van der Waals surface area contributed by atoms with Crippen molar-refractivity contribution in [3.8, 4) is 0 Å². The molecular formula is C50H46N2. The van der Waals surface area contributed by atoms with Crippen LogP contribution < -0.4 is 5.32 Å². The van der Waals surface area contributed by atoms with Crippen molar-refractivity contribution in [3.05, 3.63) is 180 Å². The zero-order valence-electron chi connectivity index (χ0n) is 30.9. The number of nitrogens with one attached hydrogen (secondary N) is 1. The van der Waals surface area contributed by atoms with Crippen molar-refractivity contribution in [2.75, 3.05) is 5.32 Å². The third kappa shape index (κ3) is 5.33. The van der Waals surface area contributed by atoms with Crippen LogP contribution in [0.2, 0.25) is 0 Å². The summed E-state index contributed by atoms with van der Waals surface area (Å²) in [4.78, 5) is 0. The van der Waals surface area contributed by atoms with Gasteiger partial charge in [-0.1, -0.05) is 149 Å². The monoisotopic (exact) mass is 674 g/mol. The summed E-state index contributed by atoms with van der Waals surface area (Å²) in [7, 11) is 0. The van der Waals surface area contributed by atoms with Gasteiger partial charge in [-0.15, -0.1) is 0 Å². The number of fused-ring (bicyclic) bond motifs is 8. The first-order chi connectivity index (χ1) is 25.5. The first kappa shape index (κ1) is 33.3. The lowest BCUT2D eigenvalue weighted by Gasteiger charge is -2.37. The highest BCUT2D eigenvalue weighted by molar-refractivity contribution is 6.17. The van der Waals surface area contributed by atoms with E-state index in [9.17, 15) is 0 Å². The number of rotatable bonds is 3. The average molecular weight is 675 g/mol. The largest absolute Gasteiger partial charge is 0.355 e. The van der Waals surface area contributed by atoms with Crippen LogP contribution in [0.25, 0.3) is 54.6 Å². The van der Waals surface area contributed by atoms with Gasteiger partial charge in [-0.25, -0.2) is 0 Å². The van der Waals surface area contributed by atoms with Crippen LogP contribution in [-0.2, 0) is 11.8 Å². The number of anilines is 2. The molecule has 1 N–H and O–H groups in total. The molecule has 2 nitrogen and oxygen atoms in total. The minimum atomic E-state index is -0.0840. The number of para-hydroxylation sites is 1. The minimum Gasteiger partial charge on any atom is -0.355 e. The van der Waals surface area contributed by atoms with Crippen molar-refractivity contribution in [1.29, 1.82) is 0 Å². The Bertz CT molecular complexity index is 2590. The lowest BCUT2D eigenvalue weighted by atomic mass is 9.72. The lowest BCUT2D eigenvalue weighted by Crippen LogP contribution is -2.28. The van der Waals surface area contributed by atoms with Crippen molar-refractivity contribution < 1.29 is 0 Å². The second kappa shape index (κ2) is 13.4. The molecule has 256 valence electrons. The first-order valence-electron chi connectivity index (χ1n) is 18.7. The van der Waals surface area contributed by atoms with E-state index >= 15 is 0 Å². The van der Waals surface area contributed by atoms with Crippen LogP contribution in [0, 0.1) is 0 Å². The normalized spacial score (nSPS) is 16.6. The SMILES string of the molecule is C=C/C=C1\C(=C/C)n2c3ccccc3c3c4c(cc(c32)C1(C)C)C1=C(CC=C1)C4.CC.c1ccc2cc(Nc3ccc4ccccc4c3)ccc2c1. The molecule has 0 amide bonds. The molecule has 2 heterocycles. The summed E-state index contributed by atoms with van der Waals surface area (Å²) in [5.74, 6) is 0. The maximum absolute atomic E-state index is 4.02. The van der Waals surface area contributed by atoms with Gasteiger partial charge in [0.1, 0.15) is 0 Å².